The first kappa shape index (κ1) is 26.4. The molecule has 0 spiro atoms. The zero-order chi connectivity index (χ0) is 28.6. The van der Waals surface area contributed by atoms with Gasteiger partial charge in [-0.25, -0.2) is 19.4 Å². The van der Waals surface area contributed by atoms with Crippen LogP contribution in [-0.2, 0) is 14.3 Å². The molecule has 8 nitrogen and oxygen atoms in total. The van der Waals surface area contributed by atoms with Crippen LogP contribution in [-0.4, -0.2) is 35.5 Å². The third-order valence-corrected chi connectivity index (χ3v) is 6.88. The molecular formula is C32H27N3O5. The van der Waals surface area contributed by atoms with Gasteiger partial charge in [-0.2, -0.15) is 0 Å². The molecule has 200 valence electrons. The van der Waals surface area contributed by atoms with Crippen molar-refractivity contribution in [1.82, 2.24) is 4.57 Å². The third kappa shape index (κ3) is 4.49. The van der Waals surface area contributed by atoms with Crippen LogP contribution >= 0.6 is 0 Å². The third-order valence-electron chi connectivity index (χ3n) is 6.88. The van der Waals surface area contributed by atoms with E-state index in [2.05, 4.69) is 0 Å². The Morgan fingerprint density at radius 3 is 1.95 bits per heavy atom. The van der Waals surface area contributed by atoms with E-state index >= 15 is 0 Å². The van der Waals surface area contributed by atoms with Gasteiger partial charge < -0.3 is 9.30 Å². The first-order valence-corrected chi connectivity index (χ1v) is 12.7. The van der Waals surface area contributed by atoms with Gasteiger partial charge in [0.05, 0.1) is 29.7 Å². The quantitative estimate of drug-likeness (QED) is 0.185. The maximum Gasteiger partial charge on any atom is 0.343 e. The summed E-state index contributed by atoms with van der Waals surface area (Å²) in [7, 11) is 1.32. The molecule has 4 amide bonds. The predicted molar refractivity (Wildman–Crippen MR) is 153 cm³/mol. The van der Waals surface area contributed by atoms with Gasteiger partial charge in [0.15, 0.2) is 0 Å². The van der Waals surface area contributed by atoms with Gasteiger partial charge in [-0.1, -0.05) is 48.0 Å². The highest BCUT2D eigenvalue weighted by Gasteiger charge is 2.43. The molecule has 0 N–H and O–H groups in total. The van der Waals surface area contributed by atoms with Crippen LogP contribution in [0.5, 0.6) is 0 Å². The van der Waals surface area contributed by atoms with Crippen LogP contribution in [0.1, 0.15) is 32.9 Å². The fourth-order valence-corrected chi connectivity index (χ4v) is 4.87. The molecule has 1 saturated heterocycles. The zero-order valence-electron chi connectivity index (χ0n) is 22.5. The lowest BCUT2D eigenvalue weighted by Crippen LogP contribution is -2.57. The van der Waals surface area contributed by atoms with Crippen molar-refractivity contribution < 1.29 is 23.9 Å². The van der Waals surface area contributed by atoms with E-state index in [-0.39, 0.29) is 5.57 Å². The summed E-state index contributed by atoms with van der Waals surface area (Å²) < 4.78 is 6.83. The highest BCUT2D eigenvalue weighted by Crippen LogP contribution is 2.31. The Balaban J connectivity index is 1.66. The molecule has 40 heavy (non-hydrogen) atoms. The number of aromatic nitrogens is 1. The van der Waals surface area contributed by atoms with Crippen molar-refractivity contribution in [3.63, 3.8) is 0 Å². The molecule has 1 aliphatic rings. The summed E-state index contributed by atoms with van der Waals surface area (Å²) in [4.78, 5) is 55.6. The molecule has 0 aliphatic carbocycles. The monoisotopic (exact) mass is 533 g/mol. The molecule has 2 heterocycles. The van der Waals surface area contributed by atoms with E-state index in [0.717, 1.165) is 21.1 Å². The predicted octanol–water partition coefficient (Wildman–Crippen LogP) is 5.77. The maximum atomic E-state index is 13.8. The topological polar surface area (TPSA) is 88.9 Å². The normalized spacial score (nSPS) is 14.7. The van der Waals surface area contributed by atoms with Gasteiger partial charge >= 0.3 is 12.0 Å². The second kappa shape index (κ2) is 10.5. The Morgan fingerprint density at radius 2 is 1.32 bits per heavy atom. The van der Waals surface area contributed by atoms with Gasteiger partial charge in [-0.3, -0.25) is 9.59 Å². The fraction of sp³-hybridized carbons (Fsp3) is 0.125. The van der Waals surface area contributed by atoms with E-state index in [0.29, 0.717) is 33.9 Å². The largest absolute Gasteiger partial charge is 0.465 e. The van der Waals surface area contributed by atoms with E-state index < -0.39 is 23.8 Å². The number of methoxy groups -OCH3 is 1. The van der Waals surface area contributed by atoms with Crippen molar-refractivity contribution in [1.29, 1.82) is 0 Å². The average Bonchev–Trinajstić information content (AvgIpc) is 3.24. The molecule has 0 bridgehead atoms. The summed E-state index contributed by atoms with van der Waals surface area (Å²) >= 11 is 0. The fourth-order valence-electron chi connectivity index (χ4n) is 4.87. The smallest absolute Gasteiger partial charge is 0.343 e. The van der Waals surface area contributed by atoms with Crippen LogP contribution < -0.4 is 9.80 Å². The van der Waals surface area contributed by atoms with Crippen molar-refractivity contribution >= 4 is 41.3 Å². The lowest BCUT2D eigenvalue weighted by Gasteiger charge is -2.34. The molecule has 1 aromatic heterocycles. The number of benzene rings is 3. The molecular weight excluding hydrogens is 506 g/mol. The number of rotatable bonds is 5. The highest BCUT2D eigenvalue weighted by molar-refractivity contribution is 6.46. The molecule has 1 aliphatic heterocycles. The molecule has 0 atom stereocenters. The molecule has 0 unspecified atom stereocenters. The van der Waals surface area contributed by atoms with Crippen molar-refractivity contribution in [3.8, 4) is 5.69 Å². The zero-order valence-corrected chi connectivity index (χ0v) is 22.5. The second-order valence-corrected chi connectivity index (χ2v) is 9.46. The molecule has 8 heteroatoms. The van der Waals surface area contributed by atoms with Gasteiger partial charge in [0.25, 0.3) is 11.8 Å². The van der Waals surface area contributed by atoms with Gasteiger partial charge in [0, 0.05) is 11.4 Å². The molecule has 5 rings (SSSR count). The Labute approximate surface area is 231 Å². The number of para-hydroxylation sites is 2. The number of carbonyl (C=O) groups excluding carboxylic acids is 4. The number of ether oxygens (including phenoxy) is 1. The Kier molecular flexibility index (Phi) is 6.92. The van der Waals surface area contributed by atoms with Gasteiger partial charge in [0.2, 0.25) is 0 Å². The lowest BCUT2D eigenvalue weighted by molar-refractivity contribution is -0.121. The van der Waals surface area contributed by atoms with Crippen molar-refractivity contribution in [2.75, 3.05) is 16.9 Å². The van der Waals surface area contributed by atoms with Crippen LogP contribution in [0.2, 0.25) is 0 Å². The first-order chi connectivity index (χ1) is 19.2. The van der Waals surface area contributed by atoms with Crippen LogP contribution in [0.4, 0.5) is 16.2 Å². The first-order valence-electron chi connectivity index (χ1n) is 12.7. The number of anilines is 2. The number of amides is 4. The SMILES string of the molecule is COC(=O)c1ccccc1-n1c(C)cc(/C=C2\C(=O)N(c3ccccc3)C(=O)N(c3ccc(C)cc3)C2=O)c1C. The molecule has 3 aromatic carbocycles. The Hall–Kier alpha value is -5.24. The maximum absolute atomic E-state index is 13.8. The Morgan fingerprint density at radius 1 is 0.750 bits per heavy atom. The number of carbonyl (C=O) groups is 4. The van der Waals surface area contributed by atoms with Crippen molar-refractivity contribution in [2.45, 2.75) is 20.8 Å². The second-order valence-electron chi connectivity index (χ2n) is 9.46. The summed E-state index contributed by atoms with van der Waals surface area (Å²) in [5.74, 6) is -1.92. The number of aryl methyl sites for hydroxylation is 2. The standard InChI is InChI=1S/C32H27N3O5/c1-20-14-16-25(17-15-20)35-30(37)27(29(36)34(32(35)39)24-10-6-5-7-11-24)19-23-18-21(2)33(22(23)3)28-13-9-8-12-26(28)31(38)40-4/h5-19H,1-4H3/b27-19+. The number of barbiturate groups is 1. The van der Waals surface area contributed by atoms with Gasteiger partial charge in [0.1, 0.15) is 5.57 Å². The average molecular weight is 534 g/mol. The highest BCUT2D eigenvalue weighted by atomic mass is 16.5. The van der Waals surface area contributed by atoms with Crippen LogP contribution in [0.25, 0.3) is 11.8 Å². The number of urea groups is 1. The number of nitrogens with zero attached hydrogens (tertiary/aromatic N) is 3. The van der Waals surface area contributed by atoms with E-state index in [1.54, 1.807) is 72.8 Å². The van der Waals surface area contributed by atoms with Crippen molar-refractivity contribution in [3.05, 3.63) is 119 Å². The summed E-state index contributed by atoms with van der Waals surface area (Å²) in [5.41, 5.74) is 4.58. The number of hydrogen-bond acceptors (Lipinski definition) is 5. The summed E-state index contributed by atoms with van der Waals surface area (Å²) in [6.07, 6.45) is 1.51. The van der Waals surface area contributed by atoms with E-state index in [4.69, 9.17) is 4.74 Å². The minimum absolute atomic E-state index is 0.162. The number of imide groups is 2. The number of hydrogen-bond donors (Lipinski definition) is 0. The van der Waals surface area contributed by atoms with Crippen LogP contribution in [0.15, 0.2) is 90.5 Å². The van der Waals surface area contributed by atoms with Gasteiger partial charge in [-0.15, -0.1) is 0 Å². The van der Waals surface area contributed by atoms with Crippen LogP contribution in [0, 0.1) is 20.8 Å². The van der Waals surface area contributed by atoms with Gasteiger partial charge in [-0.05, 0) is 74.9 Å². The summed E-state index contributed by atoms with van der Waals surface area (Å²) in [6, 6.07) is 23.6. The minimum atomic E-state index is -0.750. The minimum Gasteiger partial charge on any atom is -0.465 e. The molecule has 1 fully saturated rings. The van der Waals surface area contributed by atoms with Crippen molar-refractivity contribution in [2.24, 2.45) is 0 Å². The van der Waals surface area contributed by atoms with E-state index in [1.807, 2.05) is 37.5 Å². The molecule has 0 radical (unpaired) electrons. The molecule has 4 aromatic rings. The Bertz CT molecular complexity index is 1680. The summed E-state index contributed by atoms with van der Waals surface area (Å²) in [5, 5.41) is 0. The molecule has 0 saturated carbocycles. The summed E-state index contributed by atoms with van der Waals surface area (Å²) in [6.45, 7) is 5.61. The number of esters is 1. The van der Waals surface area contributed by atoms with E-state index in [9.17, 15) is 19.2 Å². The lowest BCUT2D eigenvalue weighted by atomic mass is 10.0. The van der Waals surface area contributed by atoms with E-state index in [1.165, 1.54) is 13.2 Å². The van der Waals surface area contributed by atoms with Crippen LogP contribution in [0.3, 0.4) is 0 Å².